The van der Waals surface area contributed by atoms with Crippen LogP contribution >= 0.6 is 0 Å². The number of hydrogen-bond acceptors (Lipinski definition) is 3. The molecule has 21 heavy (non-hydrogen) atoms. The second-order valence-electron chi connectivity index (χ2n) is 4.84. The van der Waals surface area contributed by atoms with E-state index in [2.05, 4.69) is 10.0 Å². The van der Waals surface area contributed by atoms with Gasteiger partial charge in [0.2, 0.25) is 10.0 Å². The topological polar surface area (TPSA) is 58.2 Å². The fraction of sp³-hybridized carbons (Fsp3) is 0.500. The molecule has 1 aromatic rings. The Kier molecular flexibility index (Phi) is 4.43. The van der Waals surface area contributed by atoms with Gasteiger partial charge in [0.15, 0.2) is 0 Å². The molecule has 0 spiro atoms. The van der Waals surface area contributed by atoms with Crippen molar-refractivity contribution >= 4 is 15.7 Å². The molecule has 1 aliphatic carbocycles. The Hall–Kier alpha value is -1.35. The summed E-state index contributed by atoms with van der Waals surface area (Å²) in [6, 6.07) is 4.92. The summed E-state index contributed by atoms with van der Waals surface area (Å²) in [6.45, 7) is -1.23. The van der Waals surface area contributed by atoms with Crippen LogP contribution in [-0.2, 0) is 10.0 Å². The largest absolute Gasteiger partial charge is 0.379 e. The second kappa shape index (κ2) is 5.80. The number of sulfonamides is 1. The minimum absolute atomic E-state index is 0.000528. The summed E-state index contributed by atoms with van der Waals surface area (Å²) in [5.41, 5.74) is 0.140. The molecule has 2 rings (SSSR count). The van der Waals surface area contributed by atoms with Gasteiger partial charge in [0, 0.05) is 11.7 Å². The quantitative estimate of drug-likeness (QED) is 0.757. The normalized spacial score (nSPS) is 16.2. The molecule has 0 bridgehead atoms. The zero-order chi connectivity index (χ0) is 15.7. The Morgan fingerprint density at radius 1 is 1.19 bits per heavy atom. The standard InChI is InChI=1S/C12H14F4N2O2S/c13-11(14)12(15,16)7-17-8-3-5-10(6-4-8)21(19,20)18-9-1-2-9/h3-6,9,11,17-18H,1-2,7H2. The Labute approximate surface area is 119 Å². The van der Waals surface area contributed by atoms with E-state index >= 15 is 0 Å². The monoisotopic (exact) mass is 326 g/mol. The molecular weight excluding hydrogens is 312 g/mol. The maximum absolute atomic E-state index is 12.7. The van der Waals surface area contributed by atoms with Crippen LogP contribution in [0.25, 0.3) is 0 Å². The van der Waals surface area contributed by atoms with Gasteiger partial charge in [-0.25, -0.2) is 21.9 Å². The summed E-state index contributed by atoms with van der Waals surface area (Å²) < 4.78 is 75.6. The van der Waals surface area contributed by atoms with E-state index in [-0.39, 0.29) is 16.6 Å². The molecule has 2 N–H and O–H groups in total. The predicted molar refractivity (Wildman–Crippen MR) is 69.2 cm³/mol. The molecule has 9 heteroatoms. The van der Waals surface area contributed by atoms with E-state index in [9.17, 15) is 26.0 Å². The minimum atomic E-state index is -4.14. The molecule has 0 saturated heterocycles. The second-order valence-corrected chi connectivity index (χ2v) is 6.55. The molecule has 1 aromatic carbocycles. The van der Waals surface area contributed by atoms with Gasteiger partial charge >= 0.3 is 12.3 Å². The molecule has 0 heterocycles. The number of rotatable bonds is 7. The van der Waals surface area contributed by atoms with Crippen LogP contribution in [0.5, 0.6) is 0 Å². The van der Waals surface area contributed by atoms with E-state index in [0.29, 0.717) is 0 Å². The third-order valence-electron chi connectivity index (χ3n) is 2.91. The summed E-state index contributed by atoms with van der Waals surface area (Å²) in [4.78, 5) is 0.000528. The lowest BCUT2D eigenvalue weighted by molar-refractivity contribution is -0.117. The number of nitrogens with one attached hydrogen (secondary N) is 2. The van der Waals surface area contributed by atoms with Gasteiger partial charge in [-0.2, -0.15) is 8.78 Å². The van der Waals surface area contributed by atoms with E-state index < -0.39 is 28.9 Å². The average molecular weight is 326 g/mol. The Balaban J connectivity index is 1.99. The maximum Gasteiger partial charge on any atom is 0.324 e. The molecule has 1 fully saturated rings. The molecule has 0 aliphatic heterocycles. The summed E-state index contributed by atoms with van der Waals surface area (Å²) >= 11 is 0. The Bertz CT molecular complexity index is 586. The molecule has 118 valence electrons. The molecule has 1 aliphatic rings. The summed E-state index contributed by atoms with van der Waals surface area (Å²) in [7, 11) is -3.62. The van der Waals surface area contributed by atoms with Crippen LogP contribution in [0.1, 0.15) is 12.8 Å². The van der Waals surface area contributed by atoms with Crippen LogP contribution in [0.2, 0.25) is 0 Å². The number of hydrogen-bond donors (Lipinski definition) is 2. The van der Waals surface area contributed by atoms with Crippen molar-refractivity contribution in [3.8, 4) is 0 Å². The van der Waals surface area contributed by atoms with E-state index in [4.69, 9.17) is 0 Å². The lowest BCUT2D eigenvalue weighted by Crippen LogP contribution is -2.34. The van der Waals surface area contributed by atoms with Crippen molar-refractivity contribution in [1.82, 2.24) is 4.72 Å². The zero-order valence-electron chi connectivity index (χ0n) is 10.8. The number of alkyl halides is 4. The third-order valence-corrected chi connectivity index (χ3v) is 4.45. The smallest absolute Gasteiger partial charge is 0.324 e. The van der Waals surface area contributed by atoms with Crippen molar-refractivity contribution in [2.75, 3.05) is 11.9 Å². The van der Waals surface area contributed by atoms with Crippen LogP contribution in [-0.4, -0.2) is 33.4 Å². The maximum atomic E-state index is 12.7. The number of anilines is 1. The molecule has 4 nitrogen and oxygen atoms in total. The van der Waals surface area contributed by atoms with Gasteiger partial charge in [-0.3, -0.25) is 0 Å². The van der Waals surface area contributed by atoms with Crippen LogP contribution in [0, 0.1) is 0 Å². The van der Waals surface area contributed by atoms with Crippen LogP contribution in [0.3, 0.4) is 0 Å². The average Bonchev–Trinajstić information content (AvgIpc) is 3.20. The first-order valence-electron chi connectivity index (χ1n) is 6.23. The van der Waals surface area contributed by atoms with Crippen LogP contribution in [0.15, 0.2) is 29.2 Å². The highest BCUT2D eigenvalue weighted by atomic mass is 32.2. The highest BCUT2D eigenvalue weighted by molar-refractivity contribution is 7.89. The van der Waals surface area contributed by atoms with Crippen molar-refractivity contribution < 1.29 is 26.0 Å². The highest BCUT2D eigenvalue weighted by Crippen LogP contribution is 2.25. The SMILES string of the molecule is O=S(=O)(NC1CC1)c1ccc(NCC(F)(F)C(F)F)cc1. The number of halogens is 4. The van der Waals surface area contributed by atoms with Gasteiger partial charge in [0.05, 0.1) is 11.4 Å². The summed E-state index contributed by atoms with van der Waals surface area (Å²) in [6.07, 6.45) is -2.17. The van der Waals surface area contributed by atoms with Gasteiger partial charge < -0.3 is 5.32 Å². The Morgan fingerprint density at radius 3 is 2.24 bits per heavy atom. The van der Waals surface area contributed by atoms with E-state index in [1.54, 1.807) is 0 Å². The number of benzene rings is 1. The minimum Gasteiger partial charge on any atom is -0.379 e. The fourth-order valence-corrected chi connectivity index (χ4v) is 2.84. The van der Waals surface area contributed by atoms with Crippen molar-refractivity contribution in [2.45, 2.75) is 36.1 Å². The third kappa shape index (κ3) is 4.31. The lowest BCUT2D eigenvalue weighted by Gasteiger charge is -2.16. The van der Waals surface area contributed by atoms with Crippen molar-refractivity contribution in [2.24, 2.45) is 0 Å². The fourth-order valence-electron chi connectivity index (χ4n) is 1.54. The van der Waals surface area contributed by atoms with Gasteiger partial charge in [0.25, 0.3) is 0 Å². The molecular formula is C12H14F4N2O2S. The molecule has 0 aromatic heterocycles. The van der Waals surface area contributed by atoms with Crippen LogP contribution < -0.4 is 10.0 Å². The predicted octanol–water partition coefficient (Wildman–Crippen LogP) is 2.44. The van der Waals surface area contributed by atoms with Crippen LogP contribution in [0.4, 0.5) is 23.2 Å². The van der Waals surface area contributed by atoms with Gasteiger partial charge in [-0.05, 0) is 37.1 Å². The molecule has 1 saturated carbocycles. The highest BCUT2D eigenvalue weighted by Gasteiger charge is 2.40. The lowest BCUT2D eigenvalue weighted by atomic mass is 10.3. The molecule has 0 radical (unpaired) electrons. The first-order valence-corrected chi connectivity index (χ1v) is 7.71. The van der Waals surface area contributed by atoms with E-state index in [0.717, 1.165) is 12.8 Å². The van der Waals surface area contributed by atoms with Crippen molar-refractivity contribution in [3.05, 3.63) is 24.3 Å². The van der Waals surface area contributed by atoms with Gasteiger partial charge in [-0.15, -0.1) is 0 Å². The Morgan fingerprint density at radius 2 is 1.76 bits per heavy atom. The van der Waals surface area contributed by atoms with E-state index in [1.807, 2.05) is 0 Å². The van der Waals surface area contributed by atoms with Gasteiger partial charge in [-0.1, -0.05) is 0 Å². The zero-order valence-corrected chi connectivity index (χ0v) is 11.6. The summed E-state index contributed by atoms with van der Waals surface area (Å²) in [5.74, 6) is -4.14. The van der Waals surface area contributed by atoms with Crippen molar-refractivity contribution in [1.29, 1.82) is 0 Å². The molecule has 0 atom stereocenters. The molecule has 0 amide bonds. The first-order chi connectivity index (χ1) is 9.71. The summed E-state index contributed by atoms with van der Waals surface area (Å²) in [5, 5.41) is 2.15. The van der Waals surface area contributed by atoms with Crippen molar-refractivity contribution in [3.63, 3.8) is 0 Å². The van der Waals surface area contributed by atoms with E-state index in [1.165, 1.54) is 24.3 Å². The van der Waals surface area contributed by atoms with Gasteiger partial charge in [0.1, 0.15) is 0 Å². The molecule has 0 unspecified atom stereocenters. The first kappa shape index (κ1) is 16.0.